The molecule has 2 amide bonds. The van der Waals surface area contributed by atoms with Gasteiger partial charge in [0.15, 0.2) is 0 Å². The Bertz CT molecular complexity index is 1450. The fourth-order valence-corrected chi connectivity index (χ4v) is 4.51. The van der Waals surface area contributed by atoms with Crippen molar-refractivity contribution in [2.45, 2.75) is 19.1 Å². The topological polar surface area (TPSA) is 126 Å². The Hall–Kier alpha value is -3.56. The van der Waals surface area contributed by atoms with Gasteiger partial charge in [-0.25, -0.2) is 4.79 Å². The van der Waals surface area contributed by atoms with Crippen molar-refractivity contribution in [2.75, 3.05) is 18.4 Å². The first-order chi connectivity index (χ1) is 17.8. The number of nitrogens with one attached hydrogen (secondary N) is 4. The van der Waals surface area contributed by atoms with Crippen molar-refractivity contribution in [3.8, 4) is 5.75 Å². The van der Waals surface area contributed by atoms with Crippen molar-refractivity contribution >= 4 is 45.8 Å². The largest absolute Gasteiger partial charge is 0.506 e. The van der Waals surface area contributed by atoms with Gasteiger partial charge in [-0.15, -0.1) is 0 Å². The molecule has 0 spiro atoms. The number of urea groups is 1. The Balaban J connectivity index is 1.27. The van der Waals surface area contributed by atoms with E-state index in [1.807, 2.05) is 18.2 Å². The fraction of sp³-hybridized carbons (Fsp3) is 0.185. The maximum Gasteiger partial charge on any atom is 0.319 e. The highest BCUT2D eigenvalue weighted by molar-refractivity contribution is 6.36. The molecule has 10 heteroatoms. The predicted octanol–water partition coefficient (Wildman–Crippen LogP) is 4.73. The number of hydrogen-bond acceptors (Lipinski definition) is 5. The molecule has 0 aliphatic carbocycles. The van der Waals surface area contributed by atoms with Crippen LogP contribution in [0.1, 0.15) is 22.8 Å². The number of aliphatic hydroxyl groups is 1. The van der Waals surface area contributed by atoms with E-state index in [-0.39, 0.29) is 30.4 Å². The lowest BCUT2D eigenvalue weighted by Crippen LogP contribution is -2.28. The van der Waals surface area contributed by atoms with Crippen LogP contribution >= 0.6 is 23.2 Å². The van der Waals surface area contributed by atoms with E-state index in [1.54, 1.807) is 36.4 Å². The summed E-state index contributed by atoms with van der Waals surface area (Å²) in [7, 11) is 0. The number of amides is 2. The zero-order chi connectivity index (χ0) is 26.4. The molecule has 0 aliphatic heterocycles. The molecule has 4 rings (SSSR count). The van der Waals surface area contributed by atoms with Crippen molar-refractivity contribution in [1.82, 2.24) is 15.6 Å². The summed E-state index contributed by atoms with van der Waals surface area (Å²) in [5, 5.41) is 31.0. The number of carbonyl (C=O) groups excluding carboxylic acids is 1. The number of aromatic nitrogens is 1. The van der Waals surface area contributed by atoms with E-state index in [0.29, 0.717) is 50.7 Å². The molecule has 8 nitrogen and oxygen atoms in total. The number of fused-ring (bicyclic) bond motifs is 1. The molecule has 0 aliphatic rings. The number of aliphatic hydroxyl groups excluding tert-OH is 1. The average Bonchev–Trinajstić information content (AvgIpc) is 2.87. The Morgan fingerprint density at radius 3 is 2.54 bits per heavy atom. The molecule has 37 heavy (non-hydrogen) atoms. The number of phenolic OH excluding ortho intramolecular Hbond substituents is 1. The first kappa shape index (κ1) is 26.5. The molecule has 1 heterocycles. The lowest BCUT2D eigenvalue weighted by atomic mass is 10.0. The maximum absolute atomic E-state index is 12.3. The van der Waals surface area contributed by atoms with Crippen LogP contribution in [0.25, 0.3) is 10.9 Å². The molecular formula is C27H26Cl2N4O4. The highest BCUT2D eigenvalue weighted by Gasteiger charge is 2.14. The zero-order valence-electron chi connectivity index (χ0n) is 19.7. The molecule has 0 radical (unpaired) electrons. The van der Waals surface area contributed by atoms with Gasteiger partial charge in [-0.1, -0.05) is 47.5 Å². The van der Waals surface area contributed by atoms with Gasteiger partial charge in [-0.3, -0.25) is 4.79 Å². The molecule has 0 bridgehead atoms. The van der Waals surface area contributed by atoms with E-state index in [1.165, 1.54) is 12.1 Å². The van der Waals surface area contributed by atoms with E-state index in [9.17, 15) is 19.8 Å². The van der Waals surface area contributed by atoms with E-state index in [2.05, 4.69) is 20.9 Å². The Morgan fingerprint density at radius 2 is 1.76 bits per heavy atom. The lowest BCUT2D eigenvalue weighted by molar-refractivity contribution is 0.176. The number of benzene rings is 3. The molecule has 0 saturated carbocycles. The number of aromatic hydroxyl groups is 1. The van der Waals surface area contributed by atoms with Gasteiger partial charge in [-0.2, -0.15) is 0 Å². The summed E-state index contributed by atoms with van der Waals surface area (Å²) in [6.45, 7) is 1.07. The molecule has 4 aromatic rings. The van der Waals surface area contributed by atoms with Crippen LogP contribution in [0.15, 0.2) is 71.5 Å². The van der Waals surface area contributed by atoms with Gasteiger partial charge in [0.25, 0.3) is 0 Å². The van der Waals surface area contributed by atoms with Crippen molar-refractivity contribution in [3.63, 3.8) is 0 Å². The van der Waals surface area contributed by atoms with Gasteiger partial charge in [0.05, 0.1) is 11.6 Å². The number of phenols is 1. The second-order valence-electron chi connectivity index (χ2n) is 8.46. The van der Waals surface area contributed by atoms with Gasteiger partial charge in [0.2, 0.25) is 5.56 Å². The van der Waals surface area contributed by atoms with Crippen LogP contribution in [0.4, 0.5) is 10.5 Å². The molecule has 1 atom stereocenters. The summed E-state index contributed by atoms with van der Waals surface area (Å²) in [5.41, 5.74) is 2.87. The van der Waals surface area contributed by atoms with Crippen LogP contribution in [0.2, 0.25) is 10.0 Å². The third kappa shape index (κ3) is 6.81. The Labute approximate surface area is 223 Å². The summed E-state index contributed by atoms with van der Waals surface area (Å²) in [5.74, 6) is -0.0496. The van der Waals surface area contributed by atoms with E-state index < -0.39 is 6.10 Å². The molecule has 0 saturated heterocycles. The van der Waals surface area contributed by atoms with Crippen LogP contribution in [-0.4, -0.2) is 34.3 Å². The summed E-state index contributed by atoms with van der Waals surface area (Å²) in [4.78, 5) is 26.5. The van der Waals surface area contributed by atoms with Gasteiger partial charge in [-0.05, 0) is 60.5 Å². The minimum atomic E-state index is -0.836. The molecule has 1 aromatic heterocycles. The van der Waals surface area contributed by atoms with Crippen LogP contribution in [0.3, 0.4) is 0 Å². The highest BCUT2D eigenvalue weighted by atomic mass is 35.5. The highest BCUT2D eigenvalue weighted by Crippen LogP contribution is 2.28. The average molecular weight is 541 g/mol. The minimum absolute atomic E-state index is 0.0496. The van der Waals surface area contributed by atoms with Gasteiger partial charge in [0.1, 0.15) is 5.75 Å². The number of rotatable bonds is 9. The van der Waals surface area contributed by atoms with E-state index >= 15 is 0 Å². The predicted molar refractivity (Wildman–Crippen MR) is 147 cm³/mol. The number of hydrogen-bond donors (Lipinski definition) is 6. The fourth-order valence-electron chi connectivity index (χ4n) is 3.98. The number of carbonyl (C=O) groups is 1. The number of halogens is 2. The minimum Gasteiger partial charge on any atom is -0.506 e. The van der Waals surface area contributed by atoms with Crippen molar-refractivity contribution in [2.24, 2.45) is 0 Å². The SMILES string of the molecule is O=C(NCc1c(Cl)cccc1Cl)Nc1cccc(CCNC[C@H](O)c2ccc(O)c3[nH]c(=O)ccc23)c1. The second kappa shape index (κ2) is 12.1. The summed E-state index contributed by atoms with van der Waals surface area (Å²) < 4.78 is 0. The van der Waals surface area contributed by atoms with Gasteiger partial charge < -0.3 is 31.1 Å². The summed E-state index contributed by atoms with van der Waals surface area (Å²) in [6, 6.07) is 18.3. The zero-order valence-corrected chi connectivity index (χ0v) is 21.2. The number of pyridine rings is 1. The Kier molecular flexibility index (Phi) is 8.68. The standard InChI is InChI=1S/C27H26Cl2N4O4/c28-21-5-2-6-22(29)20(21)14-31-27(37)32-17-4-1-3-16(13-17)11-12-30-15-24(35)18-7-9-23(34)26-19(18)8-10-25(36)33-26/h1-10,13,24,30,34-35H,11-12,14-15H2,(H,33,36)(H2,31,32,37)/t24-/m0/s1. The third-order valence-corrected chi connectivity index (χ3v) is 6.57. The second-order valence-corrected chi connectivity index (χ2v) is 9.28. The van der Waals surface area contributed by atoms with E-state index in [0.717, 1.165) is 5.56 Å². The first-order valence-electron chi connectivity index (χ1n) is 11.6. The molecule has 192 valence electrons. The number of anilines is 1. The van der Waals surface area contributed by atoms with Gasteiger partial charge in [0, 0.05) is 45.8 Å². The molecule has 6 N–H and O–H groups in total. The van der Waals surface area contributed by atoms with Crippen LogP contribution in [0, 0.1) is 0 Å². The normalized spacial score (nSPS) is 11.9. The van der Waals surface area contributed by atoms with E-state index in [4.69, 9.17) is 23.2 Å². The molecular weight excluding hydrogens is 515 g/mol. The monoisotopic (exact) mass is 540 g/mol. The number of H-pyrrole nitrogens is 1. The van der Waals surface area contributed by atoms with Gasteiger partial charge >= 0.3 is 6.03 Å². The van der Waals surface area contributed by atoms with Crippen molar-refractivity contribution < 1.29 is 15.0 Å². The quantitative estimate of drug-likeness (QED) is 0.171. The molecule has 3 aromatic carbocycles. The number of aromatic amines is 1. The maximum atomic E-state index is 12.3. The third-order valence-electron chi connectivity index (χ3n) is 5.87. The first-order valence-corrected chi connectivity index (χ1v) is 12.4. The van der Waals surface area contributed by atoms with Crippen molar-refractivity contribution in [3.05, 3.63) is 104 Å². The summed E-state index contributed by atoms with van der Waals surface area (Å²) >= 11 is 12.3. The summed E-state index contributed by atoms with van der Waals surface area (Å²) in [6.07, 6.45) is -0.166. The van der Waals surface area contributed by atoms with Crippen molar-refractivity contribution in [1.29, 1.82) is 0 Å². The molecule has 0 fully saturated rings. The lowest BCUT2D eigenvalue weighted by Gasteiger charge is -2.15. The van der Waals surface area contributed by atoms with Crippen LogP contribution in [0.5, 0.6) is 5.75 Å². The smallest absolute Gasteiger partial charge is 0.319 e. The van der Waals surface area contributed by atoms with Crippen LogP contribution in [-0.2, 0) is 13.0 Å². The Morgan fingerprint density at radius 1 is 1.00 bits per heavy atom. The van der Waals surface area contributed by atoms with Crippen LogP contribution < -0.4 is 21.5 Å². The molecule has 0 unspecified atom stereocenters.